The summed E-state index contributed by atoms with van der Waals surface area (Å²) in [5.41, 5.74) is 3.16. The molecular weight excluding hydrogens is 374 g/mol. The van der Waals surface area contributed by atoms with Crippen molar-refractivity contribution in [2.24, 2.45) is 0 Å². The summed E-state index contributed by atoms with van der Waals surface area (Å²) in [6, 6.07) is 18.2. The Morgan fingerprint density at radius 1 is 0.967 bits per heavy atom. The van der Waals surface area contributed by atoms with Gasteiger partial charge in [-0.1, -0.05) is 42.5 Å². The van der Waals surface area contributed by atoms with E-state index < -0.39 is 0 Å². The molecule has 0 saturated carbocycles. The number of nitrogens with zero attached hydrogens (tertiary/aromatic N) is 4. The van der Waals surface area contributed by atoms with E-state index in [0.717, 1.165) is 61.9 Å². The van der Waals surface area contributed by atoms with E-state index in [1.807, 2.05) is 61.8 Å². The third kappa shape index (κ3) is 5.34. The van der Waals surface area contributed by atoms with Crippen LogP contribution < -0.4 is 5.32 Å². The van der Waals surface area contributed by atoms with Gasteiger partial charge < -0.3 is 9.88 Å². The van der Waals surface area contributed by atoms with Gasteiger partial charge in [0, 0.05) is 62.9 Å². The molecule has 30 heavy (non-hydrogen) atoms. The number of carbonyl (C=O) groups is 1. The van der Waals surface area contributed by atoms with Crippen molar-refractivity contribution >= 4 is 11.6 Å². The summed E-state index contributed by atoms with van der Waals surface area (Å²) in [6.45, 7) is 8.16. The van der Waals surface area contributed by atoms with Gasteiger partial charge in [-0.25, -0.2) is 4.98 Å². The van der Waals surface area contributed by atoms with Gasteiger partial charge in [-0.05, 0) is 24.6 Å². The average molecular weight is 404 g/mol. The lowest BCUT2D eigenvalue weighted by Crippen LogP contribution is -2.49. The molecule has 4 rings (SSSR count). The Labute approximate surface area is 178 Å². The highest BCUT2D eigenvalue weighted by Gasteiger charge is 2.19. The van der Waals surface area contributed by atoms with Crippen LogP contribution in [0.5, 0.6) is 0 Å². The van der Waals surface area contributed by atoms with Crippen LogP contribution >= 0.6 is 0 Å². The first kappa shape index (κ1) is 20.3. The second kappa shape index (κ2) is 9.69. The molecule has 1 saturated heterocycles. The van der Waals surface area contributed by atoms with E-state index in [1.54, 1.807) is 0 Å². The maximum absolute atomic E-state index is 12.4. The molecule has 3 aromatic rings. The largest absolute Gasteiger partial charge is 0.330 e. The average Bonchev–Trinajstić information content (AvgIpc) is 3.22. The highest BCUT2D eigenvalue weighted by Crippen LogP contribution is 2.17. The fraction of sp³-hybridized carbons (Fsp3) is 0.333. The predicted molar refractivity (Wildman–Crippen MR) is 120 cm³/mol. The zero-order valence-electron chi connectivity index (χ0n) is 17.5. The van der Waals surface area contributed by atoms with Crippen LogP contribution in [-0.2, 0) is 11.3 Å². The van der Waals surface area contributed by atoms with Crippen LogP contribution in [0, 0.1) is 6.92 Å². The fourth-order valence-electron chi connectivity index (χ4n) is 3.88. The first-order valence-electron chi connectivity index (χ1n) is 10.6. The molecule has 0 atom stereocenters. The first-order valence-corrected chi connectivity index (χ1v) is 10.6. The Morgan fingerprint density at radius 2 is 1.73 bits per heavy atom. The number of nitrogens with one attached hydrogen (secondary N) is 1. The minimum absolute atomic E-state index is 0.0555. The molecule has 1 amide bonds. The molecule has 6 nitrogen and oxygen atoms in total. The molecule has 0 aliphatic carbocycles. The van der Waals surface area contributed by atoms with Crippen LogP contribution in [0.15, 0.2) is 67.0 Å². The third-order valence-corrected chi connectivity index (χ3v) is 5.54. The predicted octanol–water partition coefficient (Wildman–Crippen LogP) is 3.11. The van der Waals surface area contributed by atoms with E-state index in [4.69, 9.17) is 0 Å². The van der Waals surface area contributed by atoms with Crippen molar-refractivity contribution in [1.82, 2.24) is 19.4 Å². The molecule has 1 N–H and O–H groups in total. The Morgan fingerprint density at radius 3 is 2.50 bits per heavy atom. The molecule has 1 aromatic heterocycles. The summed E-state index contributed by atoms with van der Waals surface area (Å²) < 4.78 is 2.22. The van der Waals surface area contributed by atoms with E-state index >= 15 is 0 Å². The van der Waals surface area contributed by atoms with E-state index in [9.17, 15) is 4.79 Å². The quantitative estimate of drug-likeness (QED) is 0.659. The Balaban J connectivity index is 1.22. The highest BCUT2D eigenvalue weighted by molar-refractivity contribution is 5.92. The molecule has 1 aliphatic heterocycles. The molecule has 2 heterocycles. The number of aromatic nitrogens is 2. The second-order valence-corrected chi connectivity index (χ2v) is 7.85. The molecule has 0 radical (unpaired) electrons. The number of aryl methyl sites for hydroxylation is 1. The lowest BCUT2D eigenvalue weighted by molar-refractivity contribution is -0.117. The van der Waals surface area contributed by atoms with Gasteiger partial charge in [-0.15, -0.1) is 0 Å². The summed E-state index contributed by atoms with van der Waals surface area (Å²) in [4.78, 5) is 21.6. The van der Waals surface area contributed by atoms with Crippen molar-refractivity contribution in [3.8, 4) is 11.4 Å². The van der Waals surface area contributed by atoms with Crippen LogP contribution in [0.1, 0.15) is 5.56 Å². The number of rotatable bonds is 7. The van der Waals surface area contributed by atoms with Crippen molar-refractivity contribution in [1.29, 1.82) is 0 Å². The van der Waals surface area contributed by atoms with Crippen molar-refractivity contribution in [2.75, 3.05) is 44.6 Å². The summed E-state index contributed by atoms with van der Waals surface area (Å²) >= 11 is 0. The zero-order chi connectivity index (χ0) is 20.8. The molecule has 2 aromatic carbocycles. The minimum atomic E-state index is 0.0555. The fourth-order valence-corrected chi connectivity index (χ4v) is 3.88. The van der Waals surface area contributed by atoms with Gasteiger partial charge in [0.15, 0.2) is 0 Å². The number of piperazine rings is 1. The number of anilines is 1. The maximum atomic E-state index is 12.4. The number of benzene rings is 2. The van der Waals surface area contributed by atoms with Gasteiger partial charge in [-0.3, -0.25) is 14.6 Å². The topological polar surface area (TPSA) is 53.4 Å². The number of imidazole rings is 1. The second-order valence-electron chi connectivity index (χ2n) is 7.85. The van der Waals surface area contributed by atoms with Gasteiger partial charge in [0.05, 0.1) is 6.54 Å². The van der Waals surface area contributed by atoms with Crippen LogP contribution in [-0.4, -0.2) is 64.5 Å². The molecule has 6 heteroatoms. The monoisotopic (exact) mass is 403 g/mol. The van der Waals surface area contributed by atoms with Crippen LogP contribution in [0.4, 0.5) is 5.69 Å². The van der Waals surface area contributed by atoms with Gasteiger partial charge in [0.2, 0.25) is 5.91 Å². The lowest BCUT2D eigenvalue weighted by Gasteiger charge is -2.34. The summed E-state index contributed by atoms with van der Waals surface area (Å²) in [6.07, 6.45) is 3.92. The summed E-state index contributed by atoms with van der Waals surface area (Å²) in [5, 5.41) is 3.00. The maximum Gasteiger partial charge on any atom is 0.238 e. The van der Waals surface area contributed by atoms with Crippen LogP contribution in [0.2, 0.25) is 0 Å². The van der Waals surface area contributed by atoms with Gasteiger partial charge >= 0.3 is 0 Å². The van der Waals surface area contributed by atoms with Crippen LogP contribution in [0.25, 0.3) is 11.4 Å². The van der Waals surface area contributed by atoms with E-state index in [1.165, 1.54) is 0 Å². The Hall–Kier alpha value is -2.96. The van der Waals surface area contributed by atoms with E-state index in [0.29, 0.717) is 6.54 Å². The molecule has 156 valence electrons. The SMILES string of the molecule is Cc1cccc(NC(=O)CN2CCN(CCn3ccnc3-c3ccccc3)CC2)c1. The van der Waals surface area contributed by atoms with Gasteiger partial charge in [0.1, 0.15) is 5.82 Å². The van der Waals surface area contributed by atoms with Crippen LogP contribution in [0.3, 0.4) is 0 Å². The standard InChI is InChI=1S/C24H29N5O/c1-20-6-5-9-22(18-20)26-23(30)19-28-14-12-27(13-15-28)16-17-29-11-10-25-24(29)21-7-3-2-4-8-21/h2-11,18H,12-17,19H2,1H3,(H,26,30). The molecule has 0 spiro atoms. The van der Waals surface area contributed by atoms with Crippen molar-refractivity contribution in [2.45, 2.75) is 13.5 Å². The normalized spacial score (nSPS) is 15.2. The Bertz CT molecular complexity index is 960. The molecular formula is C24H29N5O. The molecule has 1 fully saturated rings. The van der Waals surface area contributed by atoms with Crippen molar-refractivity contribution in [3.63, 3.8) is 0 Å². The van der Waals surface area contributed by atoms with Crippen molar-refractivity contribution in [3.05, 3.63) is 72.6 Å². The molecule has 0 bridgehead atoms. The molecule has 1 aliphatic rings. The van der Waals surface area contributed by atoms with E-state index in [2.05, 4.69) is 36.8 Å². The lowest BCUT2D eigenvalue weighted by atomic mass is 10.2. The Kier molecular flexibility index (Phi) is 6.57. The number of hydrogen-bond acceptors (Lipinski definition) is 4. The first-order chi connectivity index (χ1) is 14.7. The van der Waals surface area contributed by atoms with Crippen molar-refractivity contribution < 1.29 is 4.79 Å². The third-order valence-electron chi connectivity index (χ3n) is 5.54. The van der Waals surface area contributed by atoms with Gasteiger partial charge in [-0.2, -0.15) is 0 Å². The highest BCUT2D eigenvalue weighted by atomic mass is 16.2. The minimum Gasteiger partial charge on any atom is -0.330 e. The summed E-state index contributed by atoms with van der Waals surface area (Å²) in [5.74, 6) is 1.07. The number of carbonyl (C=O) groups excluding carboxylic acids is 1. The smallest absolute Gasteiger partial charge is 0.238 e. The molecule has 0 unspecified atom stereocenters. The van der Waals surface area contributed by atoms with E-state index in [-0.39, 0.29) is 5.91 Å². The number of amides is 1. The zero-order valence-corrected chi connectivity index (χ0v) is 17.5. The summed E-state index contributed by atoms with van der Waals surface area (Å²) in [7, 11) is 0. The van der Waals surface area contributed by atoms with Gasteiger partial charge in [0.25, 0.3) is 0 Å². The number of hydrogen-bond donors (Lipinski definition) is 1.